The van der Waals surface area contributed by atoms with Crippen molar-refractivity contribution in [1.29, 1.82) is 0 Å². The fraction of sp³-hybridized carbons (Fsp3) is 0.775. The quantitative estimate of drug-likeness (QED) is 0.0520. The van der Waals surface area contributed by atoms with Gasteiger partial charge in [-0.15, -0.1) is 0 Å². The van der Waals surface area contributed by atoms with E-state index in [2.05, 4.69) is 31.9 Å². The van der Waals surface area contributed by atoms with Crippen molar-refractivity contribution in [3.63, 3.8) is 0 Å². The maximum atomic E-state index is 15.8. The zero-order valence-electron chi connectivity index (χ0n) is 78.9. The van der Waals surface area contributed by atoms with Gasteiger partial charge in [0.25, 0.3) is 0 Å². The number of nitrogens with two attached hydrogens (primary N) is 2. The van der Waals surface area contributed by atoms with Crippen LogP contribution in [0.25, 0.3) is 0 Å². The number of carbonyl (C=O) groups is 20. The van der Waals surface area contributed by atoms with Crippen molar-refractivity contribution in [3.8, 4) is 0 Å². The first-order chi connectivity index (χ1) is 63.0. The van der Waals surface area contributed by atoms with Crippen molar-refractivity contribution < 1.29 is 115 Å². The number of nitrogens with zero attached hydrogens (tertiary/aromatic N) is 13. The number of nitrogens with one attached hydrogen (secondary N) is 6. The Kier molecular flexibility index (Phi) is 30.4. The normalized spacial score (nSPS) is 30.4. The van der Waals surface area contributed by atoms with Gasteiger partial charge in [0.05, 0.1) is 24.5 Å². The molecule has 0 saturated carbocycles. The predicted molar refractivity (Wildman–Crippen MR) is 471 cm³/mol. The third-order valence-corrected chi connectivity index (χ3v) is 27.8. The molecule has 0 spiro atoms. The number of likely N-dealkylation sites (tertiary alicyclic amines) is 13. The van der Waals surface area contributed by atoms with Crippen LogP contribution in [0.2, 0.25) is 0 Å². The van der Waals surface area contributed by atoms with E-state index in [-0.39, 0.29) is 188 Å². The number of carboxylic acids is 1. The highest BCUT2D eigenvalue weighted by Crippen LogP contribution is 2.39. The van der Waals surface area contributed by atoms with E-state index in [1.54, 1.807) is 62.3 Å². The van der Waals surface area contributed by atoms with Gasteiger partial charge < -0.3 is 126 Å². The average Bonchev–Trinajstić information content (AvgIpc) is 1.61. The molecule has 13 fully saturated rings. The Morgan fingerprint density at radius 2 is 0.493 bits per heavy atom. The second-order valence-corrected chi connectivity index (χ2v) is 41.3. The molecular formula is C89H135N21O24. The lowest BCUT2D eigenvalue weighted by Crippen LogP contribution is -2.60. The van der Waals surface area contributed by atoms with Crippen LogP contribution in [0.5, 0.6) is 0 Å². The van der Waals surface area contributed by atoms with E-state index in [1.807, 2.05) is 0 Å². The summed E-state index contributed by atoms with van der Waals surface area (Å²) in [5.41, 5.74) is 10.6. The SMILES string of the molecule is CC(=O)N[C@H]1C[C@@H](C(=O)N2CCC[C@H]2C(=O)N2C[C@@H](NC(=O)OC(C)(C)C)C[C@H]2C(=O)NCCC(=O)O)N(C(=O)[C@@H]2CCCN2C(=O)[C@@H]2C[C@H](NC(C)=O)CN2C(=O)[C@@H]2CCCN2C(=O)[C@@H]2C[C@H](NC(=O)OC(C)(C)C)CN2C(=O)[C@@H]2CCCN2C(=O)[C@@H]2C[C@H](N)CN2C(=O)[C@@H]2CCCN2C(=O)[C@@H]2C[C@H](N)CN2C(=O)[C@@H]2CCCN2C(=O)[C@@H]2C[C@H](NC(=O)OC(C)(C)C)CN2C(C)=O)C1. The molecule has 45 nitrogen and oxygen atoms in total. The van der Waals surface area contributed by atoms with E-state index < -0.39 is 263 Å². The zero-order chi connectivity index (χ0) is 97.5. The second kappa shape index (κ2) is 40.7. The molecule has 0 bridgehead atoms. The molecule has 740 valence electrons. The minimum Gasteiger partial charge on any atom is -0.481 e. The molecule has 19 amide bonds. The summed E-state index contributed by atoms with van der Waals surface area (Å²) in [6.07, 6.45) is -0.396. The molecular weight excluding hydrogens is 1750 g/mol. The Balaban J connectivity index is 0.688. The number of aliphatic carboxylic acids is 1. The summed E-state index contributed by atoms with van der Waals surface area (Å²) in [6.45, 7) is 18.1. The first kappa shape index (κ1) is 100. The molecule has 13 saturated heterocycles. The van der Waals surface area contributed by atoms with Gasteiger partial charge in [0, 0.05) is 137 Å². The van der Waals surface area contributed by atoms with Crippen molar-refractivity contribution in [1.82, 2.24) is 95.6 Å². The van der Waals surface area contributed by atoms with E-state index in [0.29, 0.717) is 25.7 Å². The minimum absolute atomic E-state index is 0.00637. The summed E-state index contributed by atoms with van der Waals surface area (Å²) >= 11 is 0. The lowest BCUT2D eigenvalue weighted by Gasteiger charge is -2.38. The summed E-state index contributed by atoms with van der Waals surface area (Å²) in [7, 11) is 0. The topological polar surface area (TPSA) is 556 Å². The Labute approximate surface area is 778 Å². The van der Waals surface area contributed by atoms with Crippen molar-refractivity contribution in [2.75, 3.05) is 91.6 Å². The molecule has 0 aromatic heterocycles. The number of rotatable bonds is 21. The average molecular weight is 1880 g/mol. The number of ether oxygens (including phenoxy) is 3. The fourth-order valence-corrected chi connectivity index (χ4v) is 22.3. The Hall–Kier alpha value is -11.3. The first-order valence-electron chi connectivity index (χ1n) is 47.5. The minimum atomic E-state index is -1.38. The van der Waals surface area contributed by atoms with Crippen LogP contribution in [-0.4, -0.2) is 417 Å². The van der Waals surface area contributed by atoms with Gasteiger partial charge in [0.2, 0.25) is 94.5 Å². The summed E-state index contributed by atoms with van der Waals surface area (Å²) in [4.78, 5) is 305. The summed E-state index contributed by atoms with van der Waals surface area (Å²) < 4.78 is 16.6. The van der Waals surface area contributed by atoms with Gasteiger partial charge in [-0.05, 0) is 184 Å². The molecule has 0 aromatic rings. The molecule has 0 aromatic carbocycles. The second-order valence-electron chi connectivity index (χ2n) is 41.3. The highest BCUT2D eigenvalue weighted by molar-refractivity contribution is 6.02. The van der Waals surface area contributed by atoms with Crippen LogP contribution < -0.4 is 43.4 Å². The van der Waals surface area contributed by atoms with E-state index >= 15 is 43.2 Å². The molecule has 13 heterocycles. The third kappa shape index (κ3) is 22.4. The first-order valence-corrected chi connectivity index (χ1v) is 47.5. The van der Waals surface area contributed by atoms with Gasteiger partial charge in [-0.3, -0.25) is 81.5 Å². The summed E-state index contributed by atoms with van der Waals surface area (Å²) in [5.74, 6) is -10.7. The van der Waals surface area contributed by atoms with Crippen LogP contribution in [0, 0.1) is 0 Å². The molecule has 11 N–H and O–H groups in total. The van der Waals surface area contributed by atoms with Crippen LogP contribution in [0.4, 0.5) is 14.4 Å². The maximum Gasteiger partial charge on any atom is 0.407 e. The Bertz CT molecular complexity index is 4610. The van der Waals surface area contributed by atoms with E-state index in [9.17, 15) is 57.8 Å². The van der Waals surface area contributed by atoms with Gasteiger partial charge >= 0.3 is 24.2 Å². The number of hydrogen-bond acceptors (Lipinski definition) is 25. The molecule has 134 heavy (non-hydrogen) atoms. The number of carboxylic acid groups (broad SMARTS) is 1. The van der Waals surface area contributed by atoms with Crippen molar-refractivity contribution in [2.24, 2.45) is 11.5 Å². The van der Waals surface area contributed by atoms with Crippen molar-refractivity contribution >= 4 is 119 Å². The molecule has 13 rings (SSSR count). The van der Waals surface area contributed by atoms with Crippen LogP contribution in [0.15, 0.2) is 0 Å². The van der Waals surface area contributed by atoms with Gasteiger partial charge in [0.1, 0.15) is 95.3 Å². The van der Waals surface area contributed by atoms with Crippen LogP contribution in [0.3, 0.4) is 0 Å². The van der Waals surface area contributed by atoms with Crippen molar-refractivity contribution in [3.05, 3.63) is 0 Å². The molecule has 20 atom stereocenters. The summed E-state index contributed by atoms with van der Waals surface area (Å²) in [5, 5.41) is 25.9. The number of hydrogen-bond donors (Lipinski definition) is 9. The highest BCUT2D eigenvalue weighted by Gasteiger charge is 2.58. The molecule has 13 aliphatic heterocycles. The number of alkyl carbamates (subject to hydrolysis) is 3. The standard InChI is InChI=1S/C89H135N21O24/c1-47(111)93-52-36-67(81(126)101-30-15-21-59(101)74(119)107-45-54(95-84(129)132-87(4,5)6)35-63(107)71(116)92-26-25-70(114)115)108(43-52)75(120)61-23-17-31-102(61)82(127)68-37-53(94-48(2)112)44-109(68)76(121)62-24-18-32-103(62)83(128)69-39-56(97-86(131)134-89(10,11)12)46-110(69)77(122)60-22-16-28-99(60)79(124)65-34-51(91)40-105(65)72(117)57-19-13-27-98(57)78(123)64-33-50(90)41-106(64)73(118)58-20-14-29-100(58)80(125)66-38-55(42-104(66)49(3)113)96-85(130)133-88(7,8)9/h50-69H,13-46,90-91H2,1-12H3,(H,92,116)(H,93,111)(H,94,112)(H,95,129)(H,96,130)(H,97,131)(H,114,115)/t50-,51-,52-,53-,54-,55-,56-,57-,58-,59-,60-,61-,62-,63-,64-,65-,66-,67-,68-,69-/m0/s1. The van der Waals surface area contributed by atoms with E-state index in [0.717, 1.165) is 0 Å². The van der Waals surface area contributed by atoms with Gasteiger partial charge in [-0.2, -0.15) is 0 Å². The van der Waals surface area contributed by atoms with Crippen LogP contribution in [-0.2, 0) is 95.7 Å². The highest BCUT2D eigenvalue weighted by atomic mass is 16.6. The summed E-state index contributed by atoms with van der Waals surface area (Å²) in [6, 6.07) is -21.0. The Morgan fingerprint density at radius 3 is 0.731 bits per heavy atom. The lowest BCUT2D eigenvalue weighted by molar-refractivity contribution is -0.156. The zero-order valence-corrected chi connectivity index (χ0v) is 78.9. The van der Waals surface area contributed by atoms with E-state index in [4.69, 9.17) is 25.7 Å². The Morgan fingerprint density at radius 1 is 0.284 bits per heavy atom. The number of carbonyl (C=O) groups excluding carboxylic acids is 19. The predicted octanol–water partition coefficient (Wildman–Crippen LogP) is -2.91. The molecule has 0 aliphatic carbocycles. The fourth-order valence-electron chi connectivity index (χ4n) is 22.3. The maximum absolute atomic E-state index is 15.8. The third-order valence-electron chi connectivity index (χ3n) is 27.8. The van der Waals surface area contributed by atoms with Crippen molar-refractivity contribution in [2.45, 2.75) is 349 Å². The van der Waals surface area contributed by atoms with E-state index in [1.165, 1.54) is 84.5 Å². The molecule has 0 unspecified atom stereocenters. The lowest BCUT2D eigenvalue weighted by atomic mass is 10.1. The largest absolute Gasteiger partial charge is 0.481 e. The molecule has 0 radical (unpaired) electrons. The molecule has 45 heteroatoms. The van der Waals surface area contributed by atoms with Gasteiger partial charge in [-0.1, -0.05) is 0 Å². The molecule has 13 aliphatic rings. The van der Waals surface area contributed by atoms with Crippen LogP contribution >= 0.6 is 0 Å². The smallest absolute Gasteiger partial charge is 0.407 e. The van der Waals surface area contributed by atoms with Gasteiger partial charge in [-0.25, -0.2) is 14.4 Å². The van der Waals surface area contributed by atoms with Crippen LogP contribution in [0.1, 0.15) is 212 Å². The monoisotopic (exact) mass is 1880 g/mol. The number of amides is 19. The van der Waals surface area contributed by atoms with Gasteiger partial charge in [0.15, 0.2) is 0 Å².